The fraction of sp³-hybridized carbons (Fsp3) is 0.154. The fourth-order valence-electron chi connectivity index (χ4n) is 4.97. The zero-order valence-corrected chi connectivity index (χ0v) is 16.3. The van der Waals surface area contributed by atoms with Crippen LogP contribution >= 0.6 is 0 Å². The normalized spacial score (nSPS) is 22.7. The maximum absolute atomic E-state index is 13.7. The highest BCUT2D eigenvalue weighted by Crippen LogP contribution is 2.49. The predicted octanol–water partition coefficient (Wildman–Crippen LogP) is 5.12. The third-order valence-electron chi connectivity index (χ3n) is 6.31. The second-order valence-electron chi connectivity index (χ2n) is 7.88. The molecule has 6 rings (SSSR count). The monoisotopic (exact) mass is 392 g/mol. The molecule has 4 nitrogen and oxygen atoms in total. The van der Waals surface area contributed by atoms with Crippen LogP contribution in [0.15, 0.2) is 91.1 Å². The molecule has 3 heterocycles. The molecule has 2 aliphatic heterocycles. The summed E-state index contributed by atoms with van der Waals surface area (Å²) in [6.07, 6.45) is 1.42. The summed E-state index contributed by atoms with van der Waals surface area (Å²) in [5.74, 6) is 0.231. The average molecular weight is 392 g/mol. The van der Waals surface area contributed by atoms with Crippen molar-refractivity contribution in [1.82, 2.24) is 4.98 Å². The molecular weight excluding hydrogens is 372 g/mol. The van der Waals surface area contributed by atoms with Gasteiger partial charge in [0.1, 0.15) is 6.23 Å². The van der Waals surface area contributed by atoms with E-state index in [2.05, 4.69) is 35.3 Å². The first kappa shape index (κ1) is 17.4. The molecule has 1 amide bonds. The molecular formula is C26H20N2O2. The van der Waals surface area contributed by atoms with Gasteiger partial charge in [-0.15, -0.1) is 0 Å². The van der Waals surface area contributed by atoms with Gasteiger partial charge in [-0.25, -0.2) is 0 Å². The Morgan fingerprint density at radius 2 is 1.67 bits per heavy atom. The molecule has 0 spiro atoms. The summed E-state index contributed by atoms with van der Waals surface area (Å²) in [5.41, 5.74) is 4.68. The molecule has 2 aliphatic rings. The van der Waals surface area contributed by atoms with Gasteiger partial charge in [-0.3, -0.25) is 14.7 Å². The van der Waals surface area contributed by atoms with E-state index in [1.54, 1.807) is 6.20 Å². The molecule has 0 radical (unpaired) electrons. The minimum Gasteiger partial charge on any atom is -0.357 e. The van der Waals surface area contributed by atoms with Crippen LogP contribution in [0.5, 0.6) is 0 Å². The number of nitrogens with zero attached hydrogens (tertiary/aromatic N) is 2. The van der Waals surface area contributed by atoms with Gasteiger partial charge in [0.05, 0.1) is 17.8 Å². The number of aromatic nitrogens is 1. The molecule has 30 heavy (non-hydrogen) atoms. The second-order valence-corrected chi connectivity index (χ2v) is 7.88. The molecule has 1 unspecified atom stereocenters. The Morgan fingerprint density at radius 1 is 0.867 bits per heavy atom. The topological polar surface area (TPSA) is 42.4 Å². The maximum atomic E-state index is 13.7. The number of rotatable bonds is 2. The van der Waals surface area contributed by atoms with Crippen LogP contribution in [0, 0.1) is 0 Å². The lowest BCUT2D eigenvalue weighted by atomic mass is 9.78. The molecule has 1 saturated heterocycles. The van der Waals surface area contributed by atoms with E-state index in [1.807, 2.05) is 59.5 Å². The number of anilines is 1. The number of benzene rings is 3. The highest BCUT2D eigenvalue weighted by atomic mass is 16.5. The number of para-hydroxylation sites is 1. The van der Waals surface area contributed by atoms with Crippen molar-refractivity contribution in [3.63, 3.8) is 0 Å². The van der Waals surface area contributed by atoms with E-state index in [4.69, 9.17) is 4.74 Å². The Morgan fingerprint density at radius 3 is 2.57 bits per heavy atom. The van der Waals surface area contributed by atoms with E-state index in [0.717, 1.165) is 27.7 Å². The third kappa shape index (κ3) is 2.50. The first-order valence-electron chi connectivity index (χ1n) is 10.3. The number of fused-ring (bicyclic) bond motifs is 4. The molecule has 1 aromatic heterocycles. The molecule has 4 heteroatoms. The van der Waals surface area contributed by atoms with Gasteiger partial charge in [-0.1, -0.05) is 66.7 Å². The molecule has 3 atom stereocenters. The SMILES string of the molecule is O=C1c2ccccc2[C@@H]2C(c3ccccc3)CO[C@@H]2N1c1cccc2cccnc12. The zero-order chi connectivity index (χ0) is 20.1. The molecule has 1 fully saturated rings. The lowest BCUT2D eigenvalue weighted by molar-refractivity contribution is 0.0720. The van der Waals surface area contributed by atoms with Crippen LogP contribution in [-0.4, -0.2) is 23.7 Å². The third-order valence-corrected chi connectivity index (χ3v) is 6.31. The van der Waals surface area contributed by atoms with Crippen LogP contribution in [0.3, 0.4) is 0 Å². The lowest BCUT2D eigenvalue weighted by Gasteiger charge is -2.39. The largest absolute Gasteiger partial charge is 0.357 e. The number of amides is 1. The summed E-state index contributed by atoms with van der Waals surface area (Å²) in [4.78, 5) is 20.1. The summed E-state index contributed by atoms with van der Waals surface area (Å²) < 4.78 is 6.34. The molecule has 0 bridgehead atoms. The smallest absolute Gasteiger partial charge is 0.260 e. The molecule has 0 aliphatic carbocycles. The zero-order valence-electron chi connectivity index (χ0n) is 16.3. The van der Waals surface area contributed by atoms with Gasteiger partial charge < -0.3 is 4.74 Å². The van der Waals surface area contributed by atoms with Crippen molar-refractivity contribution in [3.8, 4) is 0 Å². The van der Waals surface area contributed by atoms with Crippen LogP contribution < -0.4 is 4.90 Å². The number of hydrogen-bond acceptors (Lipinski definition) is 3. The molecule has 146 valence electrons. The van der Waals surface area contributed by atoms with Gasteiger partial charge in [-0.05, 0) is 29.3 Å². The van der Waals surface area contributed by atoms with Crippen molar-refractivity contribution in [1.29, 1.82) is 0 Å². The number of hydrogen-bond donors (Lipinski definition) is 0. The van der Waals surface area contributed by atoms with Crippen molar-refractivity contribution < 1.29 is 9.53 Å². The Labute approximate surface area is 174 Å². The van der Waals surface area contributed by atoms with Crippen molar-refractivity contribution in [2.75, 3.05) is 11.5 Å². The Hall–Kier alpha value is -3.50. The molecule has 0 saturated carbocycles. The molecule has 0 N–H and O–H groups in total. The van der Waals surface area contributed by atoms with E-state index >= 15 is 0 Å². The maximum Gasteiger partial charge on any atom is 0.260 e. The minimum absolute atomic E-state index is 0.0290. The van der Waals surface area contributed by atoms with Gasteiger partial charge in [0.25, 0.3) is 5.91 Å². The summed E-state index contributed by atoms with van der Waals surface area (Å²) >= 11 is 0. The van der Waals surface area contributed by atoms with Gasteiger partial charge in [0, 0.05) is 29.0 Å². The first-order valence-corrected chi connectivity index (χ1v) is 10.3. The fourth-order valence-corrected chi connectivity index (χ4v) is 4.97. The Kier molecular flexibility index (Phi) is 3.93. The van der Waals surface area contributed by atoms with Crippen molar-refractivity contribution >= 4 is 22.5 Å². The van der Waals surface area contributed by atoms with Gasteiger partial charge in [-0.2, -0.15) is 0 Å². The summed E-state index contributed by atoms with van der Waals surface area (Å²) in [6.45, 7) is 0.579. The predicted molar refractivity (Wildman–Crippen MR) is 117 cm³/mol. The second kappa shape index (κ2) is 6.78. The van der Waals surface area contributed by atoms with Crippen molar-refractivity contribution in [3.05, 3.63) is 108 Å². The first-order chi connectivity index (χ1) is 14.8. The summed E-state index contributed by atoms with van der Waals surface area (Å²) in [7, 11) is 0. The summed E-state index contributed by atoms with van der Waals surface area (Å²) in [6, 6.07) is 28.3. The van der Waals surface area contributed by atoms with E-state index in [9.17, 15) is 4.79 Å². The van der Waals surface area contributed by atoms with Crippen LogP contribution in [0.2, 0.25) is 0 Å². The standard InChI is InChI=1S/C26H20N2O2/c29-25-20-13-5-4-12-19(20)23-21(17-8-2-1-3-9-17)16-30-26(23)28(25)22-14-6-10-18-11-7-15-27-24(18)22/h1-15,21,23,26H,16H2/t21?,23-,26+/m1/s1. The van der Waals surface area contributed by atoms with Gasteiger partial charge in [0.2, 0.25) is 0 Å². The number of carbonyl (C=O) groups is 1. The number of pyridine rings is 1. The lowest BCUT2D eigenvalue weighted by Crippen LogP contribution is -2.48. The van der Waals surface area contributed by atoms with E-state index < -0.39 is 0 Å². The van der Waals surface area contributed by atoms with Crippen LogP contribution in [0.25, 0.3) is 10.9 Å². The molecule has 3 aromatic carbocycles. The van der Waals surface area contributed by atoms with E-state index in [-0.39, 0.29) is 24.0 Å². The minimum atomic E-state index is -0.356. The van der Waals surface area contributed by atoms with Crippen molar-refractivity contribution in [2.24, 2.45) is 0 Å². The van der Waals surface area contributed by atoms with Crippen LogP contribution in [0.1, 0.15) is 33.3 Å². The highest BCUT2D eigenvalue weighted by Gasteiger charge is 2.49. The average Bonchev–Trinajstić information content (AvgIpc) is 3.25. The van der Waals surface area contributed by atoms with Crippen LogP contribution in [-0.2, 0) is 4.74 Å². The van der Waals surface area contributed by atoms with Gasteiger partial charge >= 0.3 is 0 Å². The van der Waals surface area contributed by atoms with E-state index in [0.29, 0.717) is 6.61 Å². The number of carbonyl (C=O) groups excluding carboxylic acids is 1. The number of ether oxygens (including phenoxy) is 1. The Balaban J connectivity index is 1.56. The highest BCUT2D eigenvalue weighted by molar-refractivity contribution is 6.12. The van der Waals surface area contributed by atoms with Crippen LogP contribution in [0.4, 0.5) is 5.69 Å². The molecule has 4 aromatic rings. The van der Waals surface area contributed by atoms with Gasteiger partial charge in [0.15, 0.2) is 0 Å². The summed E-state index contributed by atoms with van der Waals surface area (Å²) in [5, 5.41) is 1.01. The quantitative estimate of drug-likeness (QED) is 0.476. The van der Waals surface area contributed by atoms with Crippen molar-refractivity contribution in [2.45, 2.75) is 18.1 Å². The van der Waals surface area contributed by atoms with E-state index in [1.165, 1.54) is 5.56 Å². The Bertz CT molecular complexity index is 1250.